The van der Waals surface area contributed by atoms with Crippen molar-refractivity contribution in [1.29, 1.82) is 0 Å². The molecular weight excluding hydrogens is 192 g/mol. The van der Waals surface area contributed by atoms with Gasteiger partial charge in [0, 0.05) is 6.07 Å². The first kappa shape index (κ1) is 9.40. The zero-order valence-corrected chi connectivity index (χ0v) is 7.92. The molecule has 3 nitrogen and oxygen atoms in total. The summed E-state index contributed by atoms with van der Waals surface area (Å²) in [5.74, 6) is 0.898. The minimum atomic E-state index is -0.00310. The van der Waals surface area contributed by atoms with Gasteiger partial charge in [-0.2, -0.15) is 0 Å². The highest BCUT2D eigenvalue weighted by atomic mass is 16.5. The van der Waals surface area contributed by atoms with E-state index >= 15 is 0 Å². The molecule has 2 rings (SSSR count). The Hall–Kier alpha value is -2.16. The second-order valence-electron chi connectivity index (χ2n) is 3.07. The molecule has 76 valence electrons. The molecule has 0 unspecified atom stereocenters. The van der Waals surface area contributed by atoms with Crippen LogP contribution in [0.5, 0.6) is 23.0 Å². The van der Waals surface area contributed by atoms with Crippen LogP contribution in [0.2, 0.25) is 0 Å². The Morgan fingerprint density at radius 2 is 1.60 bits per heavy atom. The molecule has 0 aliphatic carbocycles. The van der Waals surface area contributed by atoms with E-state index in [9.17, 15) is 10.2 Å². The third kappa shape index (κ3) is 2.20. The summed E-state index contributed by atoms with van der Waals surface area (Å²) in [5, 5.41) is 18.7. The fourth-order valence-electron chi connectivity index (χ4n) is 1.20. The molecule has 0 aromatic heterocycles. The fourth-order valence-corrected chi connectivity index (χ4v) is 1.20. The number of aromatic hydroxyl groups is 2. The van der Waals surface area contributed by atoms with Gasteiger partial charge in [-0.15, -0.1) is 0 Å². The number of benzene rings is 2. The third-order valence-corrected chi connectivity index (χ3v) is 1.91. The minimum absolute atomic E-state index is 0.00310. The van der Waals surface area contributed by atoms with Gasteiger partial charge in [0.25, 0.3) is 0 Å². The van der Waals surface area contributed by atoms with Crippen LogP contribution in [-0.2, 0) is 0 Å². The van der Waals surface area contributed by atoms with E-state index in [4.69, 9.17) is 4.74 Å². The molecule has 0 aliphatic rings. The number of hydrogen-bond acceptors (Lipinski definition) is 3. The maximum Gasteiger partial charge on any atom is 0.172 e. The van der Waals surface area contributed by atoms with Crippen molar-refractivity contribution in [2.24, 2.45) is 0 Å². The van der Waals surface area contributed by atoms with Gasteiger partial charge in [0.2, 0.25) is 0 Å². The van der Waals surface area contributed by atoms with E-state index in [0.717, 1.165) is 0 Å². The molecule has 0 aliphatic heterocycles. The number of ether oxygens (including phenoxy) is 1. The average Bonchev–Trinajstić information content (AvgIpc) is 2.25. The van der Waals surface area contributed by atoms with Crippen LogP contribution in [0.25, 0.3) is 0 Å². The van der Waals surface area contributed by atoms with Gasteiger partial charge in [-0.05, 0) is 24.3 Å². The highest BCUT2D eigenvalue weighted by molar-refractivity contribution is 5.46. The molecule has 0 amide bonds. The summed E-state index contributed by atoms with van der Waals surface area (Å²) in [5.41, 5.74) is 0. The zero-order chi connectivity index (χ0) is 10.7. The first-order valence-electron chi connectivity index (χ1n) is 4.50. The van der Waals surface area contributed by atoms with Crippen molar-refractivity contribution in [3.63, 3.8) is 0 Å². The lowest BCUT2D eigenvalue weighted by atomic mass is 10.3. The number of hydrogen-bond donors (Lipinski definition) is 2. The van der Waals surface area contributed by atoms with Crippen LogP contribution < -0.4 is 4.74 Å². The summed E-state index contributed by atoms with van der Waals surface area (Å²) in [7, 11) is 0. The van der Waals surface area contributed by atoms with Gasteiger partial charge in [0.05, 0.1) is 0 Å². The molecule has 0 atom stereocenters. The first-order valence-corrected chi connectivity index (χ1v) is 4.50. The summed E-state index contributed by atoms with van der Waals surface area (Å²) in [6, 6.07) is 13.2. The topological polar surface area (TPSA) is 49.7 Å². The van der Waals surface area contributed by atoms with Crippen LogP contribution in [0, 0.1) is 0 Å². The SMILES string of the molecule is Oc1ccc(O)c(Oc2ccccc2)c1. The quantitative estimate of drug-likeness (QED) is 0.736. The molecule has 0 bridgehead atoms. The van der Waals surface area contributed by atoms with Gasteiger partial charge >= 0.3 is 0 Å². The van der Waals surface area contributed by atoms with Crippen LogP contribution in [0.3, 0.4) is 0 Å². The Balaban J connectivity index is 2.28. The van der Waals surface area contributed by atoms with E-state index in [1.165, 1.54) is 18.2 Å². The monoisotopic (exact) mass is 202 g/mol. The van der Waals surface area contributed by atoms with Crippen molar-refractivity contribution in [3.05, 3.63) is 48.5 Å². The van der Waals surface area contributed by atoms with Gasteiger partial charge < -0.3 is 14.9 Å². The van der Waals surface area contributed by atoms with Crippen LogP contribution in [-0.4, -0.2) is 10.2 Å². The molecule has 2 aromatic rings. The molecule has 0 fully saturated rings. The summed E-state index contributed by atoms with van der Waals surface area (Å²) in [6.45, 7) is 0. The number of para-hydroxylation sites is 1. The van der Waals surface area contributed by atoms with Gasteiger partial charge in [-0.1, -0.05) is 18.2 Å². The van der Waals surface area contributed by atoms with Crippen molar-refractivity contribution in [2.45, 2.75) is 0 Å². The Bertz CT molecular complexity index is 452. The van der Waals surface area contributed by atoms with Gasteiger partial charge in [0.15, 0.2) is 11.5 Å². The highest BCUT2D eigenvalue weighted by Crippen LogP contribution is 2.33. The number of rotatable bonds is 2. The van der Waals surface area contributed by atoms with Crippen LogP contribution in [0.1, 0.15) is 0 Å². The summed E-state index contributed by atoms with van der Waals surface area (Å²) in [4.78, 5) is 0. The van der Waals surface area contributed by atoms with E-state index in [-0.39, 0.29) is 17.2 Å². The average molecular weight is 202 g/mol. The first-order chi connectivity index (χ1) is 7.25. The van der Waals surface area contributed by atoms with Crippen molar-refractivity contribution >= 4 is 0 Å². The van der Waals surface area contributed by atoms with Gasteiger partial charge in [0.1, 0.15) is 11.5 Å². The fraction of sp³-hybridized carbons (Fsp3) is 0. The predicted octanol–water partition coefficient (Wildman–Crippen LogP) is 2.89. The number of phenols is 2. The largest absolute Gasteiger partial charge is 0.508 e. The van der Waals surface area contributed by atoms with Crippen LogP contribution >= 0.6 is 0 Å². The van der Waals surface area contributed by atoms with E-state index < -0.39 is 0 Å². The van der Waals surface area contributed by atoms with Gasteiger partial charge in [-0.25, -0.2) is 0 Å². The molecule has 0 saturated heterocycles. The van der Waals surface area contributed by atoms with Crippen molar-refractivity contribution in [1.82, 2.24) is 0 Å². The lowest BCUT2D eigenvalue weighted by Gasteiger charge is -2.07. The standard InChI is InChI=1S/C12H10O3/c13-9-6-7-11(14)12(8-9)15-10-4-2-1-3-5-10/h1-8,13-14H. The lowest BCUT2D eigenvalue weighted by Crippen LogP contribution is -1.83. The normalized spacial score (nSPS) is 9.87. The molecule has 0 heterocycles. The summed E-state index contributed by atoms with van der Waals surface area (Å²) in [6.07, 6.45) is 0. The maximum atomic E-state index is 9.46. The summed E-state index contributed by atoms with van der Waals surface area (Å²) < 4.78 is 5.38. The Morgan fingerprint density at radius 3 is 2.33 bits per heavy atom. The highest BCUT2D eigenvalue weighted by Gasteiger charge is 2.04. The lowest BCUT2D eigenvalue weighted by molar-refractivity contribution is 0.403. The molecule has 0 spiro atoms. The maximum absolute atomic E-state index is 9.46. The second kappa shape index (κ2) is 3.92. The summed E-state index contributed by atoms with van der Waals surface area (Å²) >= 11 is 0. The molecule has 2 aromatic carbocycles. The van der Waals surface area contributed by atoms with Crippen molar-refractivity contribution < 1.29 is 14.9 Å². The van der Waals surface area contributed by atoms with E-state index in [1.807, 2.05) is 18.2 Å². The van der Waals surface area contributed by atoms with E-state index in [2.05, 4.69) is 0 Å². The Labute approximate surface area is 87.2 Å². The third-order valence-electron chi connectivity index (χ3n) is 1.91. The zero-order valence-electron chi connectivity index (χ0n) is 7.92. The molecule has 0 saturated carbocycles. The molecule has 3 heteroatoms. The van der Waals surface area contributed by atoms with Crippen LogP contribution in [0.4, 0.5) is 0 Å². The Kier molecular flexibility index (Phi) is 2.46. The van der Waals surface area contributed by atoms with Gasteiger partial charge in [-0.3, -0.25) is 0 Å². The van der Waals surface area contributed by atoms with Crippen LogP contribution in [0.15, 0.2) is 48.5 Å². The van der Waals surface area contributed by atoms with E-state index in [1.54, 1.807) is 12.1 Å². The molecular formula is C12H10O3. The molecule has 2 N–H and O–H groups in total. The molecule has 0 radical (unpaired) electrons. The molecule has 15 heavy (non-hydrogen) atoms. The predicted molar refractivity (Wildman–Crippen MR) is 56.3 cm³/mol. The van der Waals surface area contributed by atoms with E-state index in [0.29, 0.717) is 5.75 Å². The minimum Gasteiger partial charge on any atom is -0.508 e. The Morgan fingerprint density at radius 1 is 0.867 bits per heavy atom. The number of phenolic OH excluding ortho intramolecular Hbond substituents is 2. The smallest absolute Gasteiger partial charge is 0.172 e. The van der Waals surface area contributed by atoms with Crippen molar-refractivity contribution in [3.8, 4) is 23.0 Å². The second-order valence-corrected chi connectivity index (χ2v) is 3.07. The van der Waals surface area contributed by atoms with Crippen molar-refractivity contribution in [2.75, 3.05) is 0 Å².